The van der Waals surface area contributed by atoms with Crippen molar-refractivity contribution in [2.24, 2.45) is 0 Å². The van der Waals surface area contributed by atoms with Gasteiger partial charge in [-0.2, -0.15) is 0 Å². The van der Waals surface area contributed by atoms with E-state index in [2.05, 4.69) is 37.4 Å². The van der Waals surface area contributed by atoms with E-state index in [4.69, 9.17) is 4.74 Å². The Labute approximate surface area is 178 Å². The summed E-state index contributed by atoms with van der Waals surface area (Å²) >= 11 is 0. The summed E-state index contributed by atoms with van der Waals surface area (Å²) < 4.78 is 22.8. The SMILES string of the molecule is C[C@]12CCC[C@](C)(N1)[C@@H](F)[C@H](Oc1cnc(-c3c[nH]c(-n4ccnc4)cc3=O)nn1)C2. The minimum Gasteiger partial charge on any atom is -0.469 e. The number of rotatable bonds is 4. The largest absolute Gasteiger partial charge is 0.469 e. The number of alkyl halides is 1. The predicted octanol–water partition coefficient (Wildman–Crippen LogP) is 2.19. The van der Waals surface area contributed by atoms with Crippen LogP contribution in [0.4, 0.5) is 4.39 Å². The standard InChI is InChI=1S/C21H24FN7O2/c1-20-4-3-5-21(2,28-20)18(22)15(9-20)31-17-11-25-19(27-26-17)13-10-24-16(8-14(13)30)29-7-6-23-12-29/h6-8,10-12,15,18,28H,3-5,9H2,1-2H3,(H,24,30)/t15-,18+,20-,21+/m1/s1. The summed E-state index contributed by atoms with van der Waals surface area (Å²) in [6, 6.07) is 1.44. The molecule has 2 fully saturated rings. The number of nitrogens with one attached hydrogen (secondary N) is 2. The molecule has 4 atom stereocenters. The Morgan fingerprint density at radius 3 is 2.87 bits per heavy atom. The maximum atomic E-state index is 15.2. The highest BCUT2D eigenvalue weighted by Crippen LogP contribution is 2.42. The van der Waals surface area contributed by atoms with Gasteiger partial charge in [0.2, 0.25) is 0 Å². The first-order valence-electron chi connectivity index (χ1n) is 10.4. The van der Waals surface area contributed by atoms with Crippen LogP contribution in [0.2, 0.25) is 0 Å². The lowest BCUT2D eigenvalue weighted by Crippen LogP contribution is -2.71. The van der Waals surface area contributed by atoms with Gasteiger partial charge in [-0.15, -0.1) is 10.2 Å². The molecule has 0 aliphatic carbocycles. The van der Waals surface area contributed by atoms with E-state index < -0.39 is 17.8 Å². The Balaban J connectivity index is 1.34. The molecule has 2 bridgehead atoms. The topological polar surface area (TPSA) is 111 Å². The van der Waals surface area contributed by atoms with Crippen molar-refractivity contribution in [2.45, 2.75) is 62.9 Å². The van der Waals surface area contributed by atoms with Crippen molar-refractivity contribution in [1.82, 2.24) is 35.0 Å². The van der Waals surface area contributed by atoms with Crippen molar-refractivity contribution in [3.8, 4) is 23.1 Å². The zero-order chi connectivity index (χ0) is 21.6. The molecule has 2 N–H and O–H groups in total. The van der Waals surface area contributed by atoms with E-state index in [9.17, 15) is 4.79 Å². The number of piperidine rings is 2. The predicted molar refractivity (Wildman–Crippen MR) is 111 cm³/mol. The van der Waals surface area contributed by atoms with Gasteiger partial charge in [0, 0.05) is 36.6 Å². The molecule has 3 aromatic rings. The summed E-state index contributed by atoms with van der Waals surface area (Å²) in [6.45, 7) is 4.02. The molecule has 0 amide bonds. The fourth-order valence-corrected chi connectivity index (χ4v) is 4.86. The van der Waals surface area contributed by atoms with E-state index in [1.807, 2.05) is 6.92 Å². The first-order valence-corrected chi connectivity index (χ1v) is 10.4. The molecule has 162 valence electrons. The normalized spacial score (nSPS) is 30.2. The van der Waals surface area contributed by atoms with Crippen LogP contribution in [-0.4, -0.2) is 53.1 Å². The van der Waals surface area contributed by atoms with Crippen LogP contribution in [0.3, 0.4) is 0 Å². The van der Waals surface area contributed by atoms with Gasteiger partial charge in [0.05, 0.1) is 17.3 Å². The van der Waals surface area contributed by atoms with Gasteiger partial charge in [0.1, 0.15) is 18.2 Å². The lowest BCUT2D eigenvalue weighted by Gasteiger charge is -2.54. The molecule has 5 rings (SSSR count). The number of aromatic nitrogens is 6. The second-order valence-electron chi connectivity index (χ2n) is 8.91. The Hall–Kier alpha value is -3.14. The molecule has 0 aromatic carbocycles. The molecule has 0 unspecified atom stereocenters. The number of pyridine rings is 1. The van der Waals surface area contributed by atoms with E-state index >= 15 is 4.39 Å². The molecule has 0 spiro atoms. The third-order valence-electron chi connectivity index (χ3n) is 6.33. The van der Waals surface area contributed by atoms with Crippen LogP contribution in [0.15, 0.2) is 42.0 Å². The number of hydrogen-bond acceptors (Lipinski definition) is 7. The molecular weight excluding hydrogens is 401 g/mol. The van der Waals surface area contributed by atoms with E-state index in [1.165, 1.54) is 18.5 Å². The molecule has 0 radical (unpaired) electrons. The number of ether oxygens (including phenoxy) is 1. The number of aromatic amines is 1. The molecule has 5 heterocycles. The Morgan fingerprint density at radius 1 is 1.29 bits per heavy atom. The Kier molecular flexibility index (Phi) is 4.62. The molecule has 31 heavy (non-hydrogen) atoms. The fourth-order valence-electron chi connectivity index (χ4n) is 4.86. The molecule has 2 saturated heterocycles. The number of halogens is 1. The first kappa shape index (κ1) is 19.8. The molecule has 0 saturated carbocycles. The van der Waals surface area contributed by atoms with E-state index in [1.54, 1.807) is 23.3 Å². The molecule has 10 heteroatoms. The zero-order valence-corrected chi connectivity index (χ0v) is 17.4. The first-order chi connectivity index (χ1) is 14.9. The maximum absolute atomic E-state index is 15.2. The highest BCUT2D eigenvalue weighted by Gasteiger charge is 2.53. The van der Waals surface area contributed by atoms with Gasteiger partial charge in [-0.05, 0) is 33.1 Å². The van der Waals surface area contributed by atoms with Crippen molar-refractivity contribution >= 4 is 0 Å². The summed E-state index contributed by atoms with van der Waals surface area (Å²) in [5.74, 6) is 0.894. The minimum absolute atomic E-state index is 0.148. The van der Waals surface area contributed by atoms with Crippen LogP contribution in [0, 0.1) is 0 Å². The van der Waals surface area contributed by atoms with Crippen LogP contribution in [0.1, 0.15) is 39.5 Å². The fraction of sp³-hybridized carbons (Fsp3) is 0.476. The number of fused-ring (bicyclic) bond motifs is 2. The summed E-state index contributed by atoms with van der Waals surface area (Å²) in [4.78, 5) is 23.7. The zero-order valence-electron chi connectivity index (χ0n) is 17.4. The monoisotopic (exact) mass is 425 g/mol. The van der Waals surface area contributed by atoms with Gasteiger partial charge in [0.15, 0.2) is 17.4 Å². The summed E-state index contributed by atoms with van der Waals surface area (Å²) in [5, 5.41) is 11.6. The average molecular weight is 425 g/mol. The van der Waals surface area contributed by atoms with Crippen LogP contribution >= 0.6 is 0 Å². The van der Waals surface area contributed by atoms with Crippen LogP contribution in [0.5, 0.6) is 5.88 Å². The van der Waals surface area contributed by atoms with Gasteiger partial charge >= 0.3 is 0 Å². The minimum atomic E-state index is -1.17. The number of nitrogens with zero attached hydrogens (tertiary/aromatic N) is 5. The summed E-state index contributed by atoms with van der Waals surface area (Å²) in [5.41, 5.74) is -0.747. The van der Waals surface area contributed by atoms with Crippen molar-refractivity contribution in [1.29, 1.82) is 0 Å². The summed E-state index contributed by atoms with van der Waals surface area (Å²) in [7, 11) is 0. The second kappa shape index (κ2) is 7.23. The van der Waals surface area contributed by atoms with E-state index in [-0.39, 0.29) is 28.2 Å². The van der Waals surface area contributed by atoms with Gasteiger partial charge in [-0.25, -0.2) is 14.4 Å². The van der Waals surface area contributed by atoms with Crippen LogP contribution in [0.25, 0.3) is 17.2 Å². The Bertz CT molecular complexity index is 1130. The lowest BCUT2D eigenvalue weighted by molar-refractivity contribution is -0.0627. The van der Waals surface area contributed by atoms with E-state index in [0.717, 1.165) is 19.3 Å². The third-order valence-corrected chi connectivity index (χ3v) is 6.33. The average Bonchev–Trinajstić information content (AvgIpc) is 3.27. The third kappa shape index (κ3) is 3.60. The van der Waals surface area contributed by atoms with Crippen molar-refractivity contribution < 1.29 is 9.13 Å². The second-order valence-corrected chi connectivity index (χ2v) is 8.91. The molecule has 2 aliphatic rings. The van der Waals surface area contributed by atoms with Gasteiger partial charge in [-0.3, -0.25) is 9.36 Å². The summed E-state index contributed by atoms with van der Waals surface area (Å²) in [6.07, 6.45) is 9.35. The van der Waals surface area contributed by atoms with Gasteiger partial charge in [-0.1, -0.05) is 0 Å². The quantitative estimate of drug-likeness (QED) is 0.659. The van der Waals surface area contributed by atoms with Gasteiger partial charge in [0.25, 0.3) is 5.88 Å². The maximum Gasteiger partial charge on any atom is 0.252 e. The highest BCUT2D eigenvalue weighted by atomic mass is 19.1. The lowest BCUT2D eigenvalue weighted by atomic mass is 9.69. The van der Waals surface area contributed by atoms with Crippen molar-refractivity contribution in [3.05, 3.63) is 47.4 Å². The van der Waals surface area contributed by atoms with Crippen LogP contribution < -0.4 is 15.5 Å². The van der Waals surface area contributed by atoms with Crippen molar-refractivity contribution in [3.63, 3.8) is 0 Å². The number of H-pyrrole nitrogens is 1. The van der Waals surface area contributed by atoms with Crippen molar-refractivity contribution in [2.75, 3.05) is 0 Å². The Morgan fingerprint density at radius 2 is 2.16 bits per heavy atom. The molecule has 3 aromatic heterocycles. The number of hydrogen-bond donors (Lipinski definition) is 2. The molecule has 2 aliphatic heterocycles. The molecular formula is C21H24FN7O2. The van der Waals surface area contributed by atoms with E-state index in [0.29, 0.717) is 12.2 Å². The molecule has 9 nitrogen and oxygen atoms in total. The van der Waals surface area contributed by atoms with Gasteiger partial charge < -0.3 is 15.0 Å². The smallest absolute Gasteiger partial charge is 0.252 e. The number of imidazole rings is 1. The highest BCUT2D eigenvalue weighted by molar-refractivity contribution is 5.53. The van der Waals surface area contributed by atoms with Crippen LogP contribution in [-0.2, 0) is 0 Å².